The Morgan fingerprint density at radius 1 is 1.04 bits per heavy atom. The number of anilines is 1. The zero-order valence-electron chi connectivity index (χ0n) is 15.7. The molecule has 2 aliphatic heterocycles. The van der Waals surface area contributed by atoms with Gasteiger partial charge in [0.25, 0.3) is 0 Å². The molecule has 0 bridgehead atoms. The van der Waals surface area contributed by atoms with Crippen molar-refractivity contribution in [3.8, 4) is 11.5 Å². The van der Waals surface area contributed by atoms with Crippen molar-refractivity contribution >= 4 is 23.2 Å². The Labute approximate surface area is 170 Å². The molecule has 1 fully saturated rings. The molecule has 1 amide bonds. The first-order valence-corrected chi connectivity index (χ1v) is 9.93. The van der Waals surface area contributed by atoms with E-state index in [4.69, 9.17) is 21.1 Å². The van der Waals surface area contributed by atoms with E-state index in [2.05, 4.69) is 21.2 Å². The van der Waals surface area contributed by atoms with Crippen molar-refractivity contribution in [2.45, 2.75) is 13.0 Å². The highest BCUT2D eigenvalue weighted by molar-refractivity contribution is 6.30. The minimum atomic E-state index is 0.0648. The predicted octanol–water partition coefficient (Wildman–Crippen LogP) is 2.90. The van der Waals surface area contributed by atoms with Crippen LogP contribution in [0.3, 0.4) is 0 Å². The summed E-state index contributed by atoms with van der Waals surface area (Å²) in [5, 5.41) is 3.75. The van der Waals surface area contributed by atoms with Crippen molar-refractivity contribution in [1.29, 1.82) is 0 Å². The Hall–Kier alpha value is -2.44. The normalized spacial score (nSPS) is 16.2. The molecule has 2 aliphatic rings. The summed E-state index contributed by atoms with van der Waals surface area (Å²) in [7, 11) is 0. The van der Waals surface area contributed by atoms with Crippen molar-refractivity contribution in [3.05, 3.63) is 53.1 Å². The number of rotatable bonds is 6. The monoisotopic (exact) mass is 401 g/mol. The van der Waals surface area contributed by atoms with Gasteiger partial charge in [-0.3, -0.25) is 9.69 Å². The highest BCUT2D eigenvalue weighted by atomic mass is 35.5. The van der Waals surface area contributed by atoms with E-state index in [0.29, 0.717) is 13.0 Å². The largest absolute Gasteiger partial charge is 0.454 e. The molecule has 2 aromatic carbocycles. The van der Waals surface area contributed by atoms with Crippen LogP contribution in [0.5, 0.6) is 11.5 Å². The molecule has 0 saturated carbocycles. The van der Waals surface area contributed by atoms with Crippen LogP contribution in [0.2, 0.25) is 5.02 Å². The Kier molecular flexibility index (Phi) is 5.88. The molecule has 0 atom stereocenters. The Bertz CT molecular complexity index is 837. The molecule has 148 valence electrons. The highest BCUT2D eigenvalue weighted by Gasteiger charge is 2.18. The van der Waals surface area contributed by atoms with Crippen molar-refractivity contribution in [3.63, 3.8) is 0 Å². The third-order valence-corrected chi connectivity index (χ3v) is 5.36. The number of nitrogens with one attached hydrogen (secondary N) is 1. The molecule has 0 spiro atoms. The molecular formula is C21H24ClN3O3. The lowest BCUT2D eigenvalue weighted by molar-refractivity contribution is -0.121. The van der Waals surface area contributed by atoms with Crippen molar-refractivity contribution in [1.82, 2.24) is 10.2 Å². The Balaban J connectivity index is 1.17. The zero-order chi connectivity index (χ0) is 19.3. The van der Waals surface area contributed by atoms with Gasteiger partial charge in [-0.05, 0) is 35.9 Å². The summed E-state index contributed by atoms with van der Waals surface area (Å²) in [5.41, 5.74) is 2.17. The average Bonchev–Trinajstić information content (AvgIpc) is 3.19. The lowest BCUT2D eigenvalue weighted by atomic mass is 10.2. The van der Waals surface area contributed by atoms with Crippen molar-refractivity contribution in [2.75, 3.05) is 44.4 Å². The van der Waals surface area contributed by atoms with Gasteiger partial charge in [-0.25, -0.2) is 0 Å². The maximum Gasteiger partial charge on any atom is 0.231 e. The number of hydrogen-bond acceptors (Lipinski definition) is 5. The molecule has 1 N–H and O–H groups in total. The van der Waals surface area contributed by atoms with Gasteiger partial charge in [0.05, 0.1) is 0 Å². The SMILES string of the molecule is O=C(CCN1CCN(c2cccc(Cl)c2)CC1)NCc1ccc2c(c1)OCO2. The van der Waals surface area contributed by atoms with E-state index in [1.165, 1.54) is 0 Å². The van der Waals surface area contributed by atoms with Gasteiger partial charge in [-0.2, -0.15) is 0 Å². The topological polar surface area (TPSA) is 54.0 Å². The third kappa shape index (κ3) is 4.69. The van der Waals surface area contributed by atoms with E-state index in [0.717, 1.165) is 60.5 Å². The molecule has 4 rings (SSSR count). The van der Waals surface area contributed by atoms with Crippen LogP contribution < -0.4 is 19.7 Å². The van der Waals surface area contributed by atoms with E-state index >= 15 is 0 Å². The fourth-order valence-corrected chi connectivity index (χ4v) is 3.69. The number of ether oxygens (including phenoxy) is 2. The molecule has 0 radical (unpaired) electrons. The van der Waals surface area contributed by atoms with Gasteiger partial charge >= 0.3 is 0 Å². The number of nitrogens with zero attached hydrogens (tertiary/aromatic N) is 2. The van der Waals surface area contributed by atoms with Gasteiger partial charge in [0.2, 0.25) is 12.7 Å². The van der Waals surface area contributed by atoms with Crippen LogP contribution >= 0.6 is 11.6 Å². The molecule has 0 unspecified atom stereocenters. The second-order valence-electron chi connectivity index (χ2n) is 7.02. The molecule has 7 heteroatoms. The summed E-state index contributed by atoms with van der Waals surface area (Å²) >= 11 is 6.08. The number of amides is 1. The summed E-state index contributed by atoms with van der Waals surface area (Å²) in [4.78, 5) is 16.9. The lowest BCUT2D eigenvalue weighted by Gasteiger charge is -2.36. The van der Waals surface area contributed by atoms with E-state index < -0.39 is 0 Å². The molecule has 2 aromatic rings. The van der Waals surface area contributed by atoms with Crippen LogP contribution in [0.15, 0.2) is 42.5 Å². The number of fused-ring (bicyclic) bond motifs is 1. The van der Waals surface area contributed by atoms with E-state index in [-0.39, 0.29) is 12.7 Å². The minimum absolute atomic E-state index is 0.0648. The van der Waals surface area contributed by atoms with Gasteiger partial charge < -0.3 is 19.7 Å². The molecule has 0 aromatic heterocycles. The Morgan fingerprint density at radius 3 is 2.68 bits per heavy atom. The van der Waals surface area contributed by atoms with Gasteiger partial charge in [0, 0.05) is 56.4 Å². The number of piperazine rings is 1. The standard InChI is InChI=1S/C21H24ClN3O3/c22-17-2-1-3-18(13-17)25-10-8-24(9-11-25)7-6-21(26)23-14-16-4-5-19-20(12-16)28-15-27-19/h1-5,12-13H,6-11,14-15H2,(H,23,26). The van der Waals surface area contributed by atoms with Gasteiger partial charge in [-0.1, -0.05) is 23.7 Å². The Morgan fingerprint density at radius 2 is 1.86 bits per heavy atom. The third-order valence-electron chi connectivity index (χ3n) is 5.13. The van der Waals surface area contributed by atoms with Crippen molar-refractivity contribution < 1.29 is 14.3 Å². The van der Waals surface area contributed by atoms with E-state index in [1.807, 2.05) is 36.4 Å². The maximum absolute atomic E-state index is 12.2. The summed E-state index contributed by atoms with van der Waals surface area (Å²) in [6, 6.07) is 13.7. The highest BCUT2D eigenvalue weighted by Crippen LogP contribution is 2.32. The summed E-state index contributed by atoms with van der Waals surface area (Å²) in [5.74, 6) is 1.56. The second-order valence-corrected chi connectivity index (χ2v) is 7.46. The fraction of sp³-hybridized carbons (Fsp3) is 0.381. The van der Waals surface area contributed by atoms with Crippen LogP contribution in [-0.2, 0) is 11.3 Å². The summed E-state index contributed by atoms with van der Waals surface area (Å²) < 4.78 is 10.7. The van der Waals surface area contributed by atoms with Gasteiger partial charge in [0.15, 0.2) is 11.5 Å². The summed E-state index contributed by atoms with van der Waals surface area (Å²) in [6.45, 7) is 5.31. The van der Waals surface area contributed by atoms with Crippen LogP contribution in [0.25, 0.3) is 0 Å². The van der Waals surface area contributed by atoms with E-state index in [1.54, 1.807) is 0 Å². The van der Waals surface area contributed by atoms with Gasteiger partial charge in [-0.15, -0.1) is 0 Å². The number of hydrogen-bond donors (Lipinski definition) is 1. The molecule has 1 saturated heterocycles. The molecular weight excluding hydrogens is 378 g/mol. The number of benzene rings is 2. The van der Waals surface area contributed by atoms with Crippen LogP contribution in [0.1, 0.15) is 12.0 Å². The predicted molar refractivity (Wildman–Crippen MR) is 109 cm³/mol. The van der Waals surface area contributed by atoms with Crippen LogP contribution in [-0.4, -0.2) is 50.3 Å². The first kappa shape index (κ1) is 18.9. The second kappa shape index (κ2) is 8.71. The van der Waals surface area contributed by atoms with Crippen molar-refractivity contribution in [2.24, 2.45) is 0 Å². The fourth-order valence-electron chi connectivity index (χ4n) is 3.50. The smallest absolute Gasteiger partial charge is 0.231 e. The molecule has 2 heterocycles. The zero-order valence-corrected chi connectivity index (χ0v) is 16.5. The van der Waals surface area contributed by atoms with Crippen LogP contribution in [0.4, 0.5) is 5.69 Å². The first-order chi connectivity index (χ1) is 13.7. The number of halogens is 1. The molecule has 28 heavy (non-hydrogen) atoms. The number of carbonyl (C=O) groups excluding carboxylic acids is 1. The first-order valence-electron chi connectivity index (χ1n) is 9.55. The lowest BCUT2D eigenvalue weighted by Crippen LogP contribution is -2.47. The average molecular weight is 402 g/mol. The molecule has 6 nitrogen and oxygen atoms in total. The van der Waals surface area contributed by atoms with E-state index in [9.17, 15) is 4.79 Å². The minimum Gasteiger partial charge on any atom is -0.454 e. The summed E-state index contributed by atoms with van der Waals surface area (Å²) in [6.07, 6.45) is 0.502. The number of carbonyl (C=O) groups is 1. The maximum atomic E-state index is 12.2. The quantitative estimate of drug-likeness (QED) is 0.806. The van der Waals surface area contributed by atoms with Crippen LogP contribution in [0, 0.1) is 0 Å². The molecule has 0 aliphatic carbocycles. The van der Waals surface area contributed by atoms with Gasteiger partial charge in [0.1, 0.15) is 0 Å².